The fraction of sp³-hybridized carbons (Fsp3) is 0. The van der Waals surface area contributed by atoms with Gasteiger partial charge in [0.1, 0.15) is 11.6 Å². The van der Waals surface area contributed by atoms with E-state index in [9.17, 15) is 17.2 Å². The fourth-order valence-corrected chi connectivity index (χ4v) is 2.46. The van der Waals surface area contributed by atoms with Crippen molar-refractivity contribution in [2.24, 2.45) is 0 Å². The predicted molar refractivity (Wildman–Crippen MR) is 63.6 cm³/mol. The third kappa shape index (κ3) is 2.65. The molecule has 0 spiro atoms. The zero-order chi connectivity index (χ0) is 13.2. The minimum Gasteiger partial charge on any atom is -0.277 e. The fourth-order valence-electron chi connectivity index (χ4n) is 1.38. The van der Waals surface area contributed by atoms with E-state index in [1.807, 2.05) is 4.72 Å². The Morgan fingerprint density at radius 1 is 0.944 bits per heavy atom. The smallest absolute Gasteiger partial charge is 0.261 e. The molecule has 0 aliphatic heterocycles. The first kappa shape index (κ1) is 12.5. The monoisotopic (exact) mass is 269 g/mol. The Balaban J connectivity index is 2.37. The zero-order valence-corrected chi connectivity index (χ0v) is 9.92. The molecular weight excluding hydrogens is 260 g/mol. The molecule has 2 rings (SSSR count). The first-order valence-corrected chi connectivity index (χ1v) is 6.50. The minimum absolute atomic E-state index is 0.0198. The highest BCUT2D eigenvalue weighted by molar-refractivity contribution is 7.92. The van der Waals surface area contributed by atoms with Gasteiger partial charge in [0.2, 0.25) is 0 Å². The summed E-state index contributed by atoms with van der Waals surface area (Å²) >= 11 is 0. The molecule has 2 aromatic carbocycles. The molecule has 0 saturated heterocycles. The Morgan fingerprint density at radius 2 is 1.61 bits per heavy atom. The van der Waals surface area contributed by atoms with Crippen LogP contribution in [0.2, 0.25) is 0 Å². The average molecular weight is 269 g/mol. The van der Waals surface area contributed by atoms with Gasteiger partial charge in [0.25, 0.3) is 10.0 Å². The number of sulfonamides is 1. The van der Waals surface area contributed by atoms with Crippen LogP contribution < -0.4 is 4.72 Å². The van der Waals surface area contributed by atoms with Gasteiger partial charge in [-0.2, -0.15) is 0 Å². The van der Waals surface area contributed by atoms with Crippen molar-refractivity contribution in [1.29, 1.82) is 0 Å². The Hall–Kier alpha value is -1.95. The molecule has 0 aliphatic carbocycles. The molecule has 0 aromatic heterocycles. The van der Waals surface area contributed by atoms with E-state index in [4.69, 9.17) is 0 Å². The molecule has 0 unspecified atom stereocenters. The first-order chi connectivity index (χ1) is 8.49. The summed E-state index contributed by atoms with van der Waals surface area (Å²) in [4.78, 5) is -0.0198. The number of rotatable bonds is 3. The highest BCUT2D eigenvalue weighted by Gasteiger charge is 2.16. The van der Waals surface area contributed by atoms with E-state index in [1.165, 1.54) is 24.3 Å². The average Bonchev–Trinajstić information content (AvgIpc) is 2.35. The van der Waals surface area contributed by atoms with Crippen molar-refractivity contribution in [3.8, 4) is 0 Å². The molecule has 0 atom stereocenters. The molecule has 0 bridgehead atoms. The Morgan fingerprint density at radius 3 is 2.28 bits per heavy atom. The summed E-state index contributed by atoms with van der Waals surface area (Å²) < 4.78 is 52.0. The van der Waals surface area contributed by atoms with Crippen LogP contribution in [-0.4, -0.2) is 8.42 Å². The number of nitrogens with one attached hydrogen (secondary N) is 1. The molecule has 6 heteroatoms. The number of hydrogen-bond donors (Lipinski definition) is 1. The SMILES string of the molecule is O=S(=O)(Nc1cc(F)ccc1F)c1ccccc1. The third-order valence-corrected chi connectivity index (χ3v) is 3.61. The maximum absolute atomic E-state index is 13.3. The van der Waals surface area contributed by atoms with E-state index in [1.54, 1.807) is 6.07 Å². The molecule has 94 valence electrons. The van der Waals surface area contributed by atoms with E-state index in [0.717, 1.165) is 18.2 Å². The van der Waals surface area contributed by atoms with Crippen molar-refractivity contribution in [3.63, 3.8) is 0 Å². The van der Waals surface area contributed by atoms with Crippen LogP contribution in [0.3, 0.4) is 0 Å². The molecule has 0 aliphatic rings. The van der Waals surface area contributed by atoms with Crippen LogP contribution in [0.5, 0.6) is 0 Å². The van der Waals surface area contributed by atoms with Gasteiger partial charge in [-0.15, -0.1) is 0 Å². The Labute approximate surface area is 103 Å². The van der Waals surface area contributed by atoms with Crippen LogP contribution in [0.15, 0.2) is 53.4 Å². The maximum atomic E-state index is 13.3. The summed E-state index contributed by atoms with van der Waals surface area (Å²) in [7, 11) is -3.91. The van der Waals surface area contributed by atoms with E-state index < -0.39 is 27.3 Å². The molecule has 1 N–H and O–H groups in total. The van der Waals surface area contributed by atoms with Gasteiger partial charge in [-0.1, -0.05) is 18.2 Å². The van der Waals surface area contributed by atoms with Crippen LogP contribution in [0.1, 0.15) is 0 Å². The second-order valence-electron chi connectivity index (χ2n) is 3.54. The number of benzene rings is 2. The summed E-state index contributed by atoms with van der Waals surface area (Å²) in [6, 6.07) is 10.0. The third-order valence-electron chi connectivity index (χ3n) is 2.23. The lowest BCUT2D eigenvalue weighted by Crippen LogP contribution is -2.14. The van der Waals surface area contributed by atoms with Gasteiger partial charge in [0.05, 0.1) is 10.6 Å². The molecule has 0 radical (unpaired) electrons. The predicted octanol–water partition coefficient (Wildman–Crippen LogP) is 2.77. The quantitative estimate of drug-likeness (QED) is 0.931. The standard InChI is InChI=1S/C12H9F2NO2S/c13-9-6-7-11(14)12(8-9)15-18(16,17)10-4-2-1-3-5-10/h1-8,15H. The first-order valence-electron chi connectivity index (χ1n) is 5.02. The second-order valence-corrected chi connectivity index (χ2v) is 5.23. The Bertz CT molecular complexity index is 657. The number of hydrogen-bond acceptors (Lipinski definition) is 2. The lowest BCUT2D eigenvalue weighted by Gasteiger charge is -2.08. The molecule has 0 saturated carbocycles. The lowest BCUT2D eigenvalue weighted by atomic mass is 10.3. The second kappa shape index (κ2) is 4.73. The summed E-state index contributed by atoms with van der Waals surface area (Å²) in [6.07, 6.45) is 0. The molecule has 3 nitrogen and oxygen atoms in total. The van der Waals surface area contributed by atoms with E-state index in [0.29, 0.717) is 0 Å². The van der Waals surface area contributed by atoms with Crippen molar-refractivity contribution in [2.75, 3.05) is 4.72 Å². The van der Waals surface area contributed by atoms with Gasteiger partial charge >= 0.3 is 0 Å². The minimum atomic E-state index is -3.91. The molecule has 0 fully saturated rings. The van der Waals surface area contributed by atoms with Gasteiger partial charge < -0.3 is 0 Å². The maximum Gasteiger partial charge on any atom is 0.261 e. The topological polar surface area (TPSA) is 46.2 Å². The van der Waals surface area contributed by atoms with Gasteiger partial charge in [-0.05, 0) is 24.3 Å². The van der Waals surface area contributed by atoms with E-state index in [-0.39, 0.29) is 4.90 Å². The van der Waals surface area contributed by atoms with E-state index >= 15 is 0 Å². The van der Waals surface area contributed by atoms with Crippen molar-refractivity contribution in [3.05, 3.63) is 60.2 Å². The highest BCUT2D eigenvalue weighted by Crippen LogP contribution is 2.19. The van der Waals surface area contributed by atoms with Gasteiger partial charge in [-0.3, -0.25) is 4.72 Å². The van der Waals surface area contributed by atoms with Gasteiger partial charge in [0, 0.05) is 6.07 Å². The van der Waals surface area contributed by atoms with Crippen LogP contribution in [0.4, 0.5) is 14.5 Å². The summed E-state index contributed by atoms with van der Waals surface area (Å²) in [6.45, 7) is 0. The number of halogens is 2. The number of anilines is 1. The largest absolute Gasteiger partial charge is 0.277 e. The van der Waals surface area contributed by atoms with E-state index in [2.05, 4.69) is 0 Å². The van der Waals surface area contributed by atoms with Crippen LogP contribution >= 0.6 is 0 Å². The lowest BCUT2D eigenvalue weighted by molar-refractivity contribution is 0.594. The zero-order valence-electron chi connectivity index (χ0n) is 9.10. The molecule has 2 aromatic rings. The Kier molecular flexibility index (Phi) is 3.29. The van der Waals surface area contributed by atoms with Crippen molar-refractivity contribution in [2.45, 2.75) is 4.90 Å². The summed E-state index contributed by atoms with van der Waals surface area (Å²) in [5.41, 5.74) is -0.418. The van der Waals surface area contributed by atoms with Crippen molar-refractivity contribution in [1.82, 2.24) is 0 Å². The van der Waals surface area contributed by atoms with Crippen molar-refractivity contribution >= 4 is 15.7 Å². The van der Waals surface area contributed by atoms with Gasteiger partial charge in [-0.25, -0.2) is 17.2 Å². The molecule has 18 heavy (non-hydrogen) atoms. The van der Waals surface area contributed by atoms with Crippen LogP contribution in [0, 0.1) is 11.6 Å². The molecular formula is C12H9F2NO2S. The molecule has 0 amide bonds. The van der Waals surface area contributed by atoms with Gasteiger partial charge in [0.15, 0.2) is 0 Å². The highest BCUT2D eigenvalue weighted by atomic mass is 32.2. The normalized spacial score (nSPS) is 11.2. The molecule has 0 heterocycles. The summed E-state index contributed by atoms with van der Waals surface area (Å²) in [5.74, 6) is -1.56. The van der Waals surface area contributed by atoms with Crippen molar-refractivity contribution < 1.29 is 17.2 Å². The van der Waals surface area contributed by atoms with Crippen LogP contribution in [0.25, 0.3) is 0 Å². The summed E-state index contributed by atoms with van der Waals surface area (Å²) in [5, 5.41) is 0. The van der Waals surface area contributed by atoms with Crippen LogP contribution in [-0.2, 0) is 10.0 Å².